The Morgan fingerprint density at radius 3 is 2.24 bits per heavy atom. The molecule has 1 heterocycles. The van der Waals surface area contributed by atoms with Gasteiger partial charge in [0.1, 0.15) is 5.82 Å². The standard InChI is InChI=1S/C26H31FN2O5/c1-6-29(26(3,4)5)25(32)34-22-16-18(27)13-14-21(22)33-17(2)10-9-15-28-23(30)19-11-7-8-12-20(19)24(28)31/h7-8,11-14,16-17H,6,9-10,15H2,1-5H3/t17-/m1/s1. The number of hydrogen-bond acceptors (Lipinski definition) is 5. The van der Waals surface area contributed by atoms with Gasteiger partial charge < -0.3 is 14.4 Å². The molecule has 0 spiro atoms. The Morgan fingerprint density at radius 2 is 1.68 bits per heavy atom. The minimum Gasteiger partial charge on any atom is -0.487 e. The molecule has 1 aliphatic heterocycles. The zero-order chi connectivity index (χ0) is 25.0. The maximum atomic E-state index is 13.9. The third kappa shape index (κ3) is 5.55. The lowest BCUT2D eigenvalue weighted by Gasteiger charge is -2.33. The third-order valence-electron chi connectivity index (χ3n) is 5.65. The summed E-state index contributed by atoms with van der Waals surface area (Å²) in [5, 5.41) is 0. The second-order valence-corrected chi connectivity index (χ2v) is 9.25. The van der Waals surface area contributed by atoms with E-state index in [0.717, 1.165) is 6.07 Å². The molecule has 2 aromatic rings. The molecular weight excluding hydrogens is 439 g/mol. The van der Waals surface area contributed by atoms with E-state index in [1.54, 1.807) is 24.3 Å². The summed E-state index contributed by atoms with van der Waals surface area (Å²) in [7, 11) is 0. The summed E-state index contributed by atoms with van der Waals surface area (Å²) in [6.07, 6.45) is 0.129. The topological polar surface area (TPSA) is 76.2 Å². The number of imide groups is 1. The number of halogens is 1. The lowest BCUT2D eigenvalue weighted by molar-refractivity contribution is 0.0645. The molecule has 0 aromatic heterocycles. The second kappa shape index (κ2) is 10.2. The molecule has 0 bridgehead atoms. The highest BCUT2D eigenvalue weighted by Gasteiger charge is 2.34. The molecule has 182 valence electrons. The average molecular weight is 471 g/mol. The van der Waals surface area contributed by atoms with Gasteiger partial charge in [-0.25, -0.2) is 9.18 Å². The number of nitrogens with zero attached hydrogens (tertiary/aromatic N) is 2. The van der Waals surface area contributed by atoms with Gasteiger partial charge >= 0.3 is 6.09 Å². The van der Waals surface area contributed by atoms with Crippen molar-refractivity contribution in [2.75, 3.05) is 13.1 Å². The number of benzene rings is 2. The summed E-state index contributed by atoms with van der Waals surface area (Å²) in [6, 6.07) is 10.5. The zero-order valence-corrected chi connectivity index (χ0v) is 20.3. The maximum Gasteiger partial charge on any atom is 0.415 e. The highest BCUT2D eigenvalue weighted by molar-refractivity contribution is 6.21. The summed E-state index contributed by atoms with van der Waals surface area (Å²) in [4.78, 5) is 40.4. The van der Waals surface area contributed by atoms with Crippen LogP contribution >= 0.6 is 0 Å². The second-order valence-electron chi connectivity index (χ2n) is 9.25. The van der Waals surface area contributed by atoms with E-state index in [1.165, 1.54) is 21.9 Å². The molecule has 8 heteroatoms. The van der Waals surface area contributed by atoms with Crippen LogP contribution in [0.2, 0.25) is 0 Å². The number of fused-ring (bicyclic) bond motifs is 1. The van der Waals surface area contributed by atoms with Gasteiger partial charge in [0.05, 0.1) is 17.2 Å². The van der Waals surface area contributed by atoms with E-state index in [1.807, 2.05) is 34.6 Å². The Morgan fingerprint density at radius 1 is 1.06 bits per heavy atom. The molecule has 0 aliphatic carbocycles. The van der Waals surface area contributed by atoms with Crippen molar-refractivity contribution in [2.45, 2.75) is 59.1 Å². The van der Waals surface area contributed by atoms with Crippen LogP contribution in [-0.4, -0.2) is 52.4 Å². The Balaban J connectivity index is 1.60. The first-order valence-electron chi connectivity index (χ1n) is 11.4. The van der Waals surface area contributed by atoms with Crippen molar-refractivity contribution in [1.29, 1.82) is 0 Å². The van der Waals surface area contributed by atoms with Crippen molar-refractivity contribution in [3.8, 4) is 11.5 Å². The van der Waals surface area contributed by atoms with E-state index in [-0.39, 0.29) is 36.0 Å². The lowest BCUT2D eigenvalue weighted by Crippen LogP contribution is -2.46. The highest BCUT2D eigenvalue weighted by Crippen LogP contribution is 2.31. The molecule has 3 amide bonds. The fourth-order valence-corrected chi connectivity index (χ4v) is 3.94. The minimum atomic E-state index is -0.594. The third-order valence-corrected chi connectivity index (χ3v) is 5.65. The fourth-order valence-electron chi connectivity index (χ4n) is 3.94. The summed E-state index contributed by atoms with van der Waals surface area (Å²) in [5.41, 5.74) is 0.384. The molecule has 3 rings (SSSR count). The smallest absolute Gasteiger partial charge is 0.415 e. The van der Waals surface area contributed by atoms with E-state index in [0.29, 0.717) is 30.5 Å². The predicted octanol–water partition coefficient (Wildman–Crippen LogP) is 5.29. The molecule has 0 N–H and O–H groups in total. The SMILES string of the molecule is CCN(C(=O)Oc1cc(F)ccc1O[C@H](C)CCCN1C(=O)c2ccccc2C1=O)C(C)(C)C. The first-order chi connectivity index (χ1) is 16.0. The summed E-state index contributed by atoms with van der Waals surface area (Å²) >= 11 is 0. The molecule has 1 atom stereocenters. The fraction of sp³-hybridized carbons (Fsp3) is 0.423. The van der Waals surface area contributed by atoms with Crippen molar-refractivity contribution in [1.82, 2.24) is 9.80 Å². The van der Waals surface area contributed by atoms with Gasteiger partial charge in [-0.2, -0.15) is 0 Å². The summed E-state index contributed by atoms with van der Waals surface area (Å²) < 4.78 is 25.3. The van der Waals surface area contributed by atoms with Crippen LogP contribution in [0.3, 0.4) is 0 Å². The number of ether oxygens (including phenoxy) is 2. The van der Waals surface area contributed by atoms with Gasteiger partial charge in [0.2, 0.25) is 0 Å². The normalized spacial score (nSPS) is 14.1. The van der Waals surface area contributed by atoms with Crippen LogP contribution in [0.1, 0.15) is 68.2 Å². The van der Waals surface area contributed by atoms with Gasteiger partial charge in [-0.05, 0) is 71.7 Å². The van der Waals surface area contributed by atoms with Crippen LogP contribution < -0.4 is 9.47 Å². The number of rotatable bonds is 8. The summed E-state index contributed by atoms with van der Waals surface area (Å²) in [5.74, 6) is -0.887. The lowest BCUT2D eigenvalue weighted by atomic mass is 10.1. The van der Waals surface area contributed by atoms with Crippen LogP contribution in [0.4, 0.5) is 9.18 Å². The molecule has 0 unspecified atom stereocenters. The van der Waals surface area contributed by atoms with E-state index in [2.05, 4.69) is 0 Å². The van der Waals surface area contributed by atoms with Gasteiger partial charge in [-0.3, -0.25) is 14.5 Å². The van der Waals surface area contributed by atoms with Crippen LogP contribution in [-0.2, 0) is 0 Å². The average Bonchev–Trinajstić information content (AvgIpc) is 3.00. The van der Waals surface area contributed by atoms with Crippen molar-refractivity contribution in [3.05, 3.63) is 59.4 Å². The molecule has 0 fully saturated rings. The quantitative estimate of drug-likeness (QED) is 0.490. The van der Waals surface area contributed by atoms with Gasteiger partial charge in [0.25, 0.3) is 11.8 Å². The van der Waals surface area contributed by atoms with Crippen molar-refractivity contribution in [3.63, 3.8) is 0 Å². The molecule has 2 aromatic carbocycles. The molecule has 0 saturated carbocycles. The van der Waals surface area contributed by atoms with Gasteiger partial charge in [0, 0.05) is 24.7 Å². The highest BCUT2D eigenvalue weighted by atomic mass is 19.1. The van der Waals surface area contributed by atoms with E-state index < -0.39 is 17.4 Å². The van der Waals surface area contributed by atoms with Crippen molar-refractivity contribution < 1.29 is 28.2 Å². The van der Waals surface area contributed by atoms with Crippen LogP contribution in [0.5, 0.6) is 11.5 Å². The molecule has 0 saturated heterocycles. The Labute approximate surface area is 199 Å². The van der Waals surface area contributed by atoms with Gasteiger partial charge in [-0.15, -0.1) is 0 Å². The molecule has 7 nitrogen and oxygen atoms in total. The van der Waals surface area contributed by atoms with Crippen molar-refractivity contribution in [2.24, 2.45) is 0 Å². The minimum absolute atomic E-state index is 0.0000944. The van der Waals surface area contributed by atoms with Crippen LogP contribution in [0.25, 0.3) is 0 Å². The zero-order valence-electron chi connectivity index (χ0n) is 20.3. The number of hydrogen-bond donors (Lipinski definition) is 0. The van der Waals surface area contributed by atoms with E-state index >= 15 is 0 Å². The van der Waals surface area contributed by atoms with E-state index in [4.69, 9.17) is 9.47 Å². The van der Waals surface area contributed by atoms with Gasteiger partial charge in [0.15, 0.2) is 11.5 Å². The van der Waals surface area contributed by atoms with Gasteiger partial charge in [-0.1, -0.05) is 12.1 Å². The number of carbonyl (C=O) groups excluding carboxylic acids is 3. The van der Waals surface area contributed by atoms with Crippen LogP contribution in [0.15, 0.2) is 42.5 Å². The first kappa shape index (κ1) is 25.2. The predicted molar refractivity (Wildman–Crippen MR) is 126 cm³/mol. The Hall–Kier alpha value is -3.42. The Bertz CT molecular complexity index is 1040. The monoisotopic (exact) mass is 470 g/mol. The number of carbonyl (C=O) groups is 3. The molecule has 0 radical (unpaired) electrons. The maximum absolute atomic E-state index is 13.9. The van der Waals surface area contributed by atoms with Crippen LogP contribution in [0, 0.1) is 5.82 Å². The molecular formula is C26H31FN2O5. The summed E-state index contributed by atoms with van der Waals surface area (Å²) in [6.45, 7) is 10.0. The van der Waals surface area contributed by atoms with E-state index in [9.17, 15) is 18.8 Å². The molecule has 1 aliphatic rings. The van der Waals surface area contributed by atoms with Crippen molar-refractivity contribution >= 4 is 17.9 Å². The Kier molecular flexibility index (Phi) is 7.59. The number of amides is 3. The first-order valence-corrected chi connectivity index (χ1v) is 11.4. The largest absolute Gasteiger partial charge is 0.487 e. The molecule has 34 heavy (non-hydrogen) atoms.